The van der Waals surface area contributed by atoms with Crippen LogP contribution < -0.4 is 5.73 Å². The van der Waals surface area contributed by atoms with Crippen LogP contribution >= 0.6 is 0 Å². The lowest BCUT2D eigenvalue weighted by Crippen LogP contribution is -2.46. The quantitative estimate of drug-likeness (QED) is 0.659. The number of fused-ring (bicyclic) bond motifs is 1. The van der Waals surface area contributed by atoms with E-state index in [4.69, 9.17) is 5.73 Å². The van der Waals surface area contributed by atoms with Gasteiger partial charge in [0, 0.05) is 12.1 Å². The average molecular weight is 310 g/mol. The molecule has 0 spiro atoms. The lowest BCUT2D eigenvalue weighted by Gasteiger charge is -2.22. The Morgan fingerprint density at radius 1 is 1.00 bits per heavy atom. The Balaban J connectivity index is 1.94. The molecule has 0 radical (unpaired) electrons. The molecular weight excluding hydrogens is 296 g/mol. The highest BCUT2D eigenvalue weighted by molar-refractivity contribution is 6.22. The summed E-state index contributed by atoms with van der Waals surface area (Å²) < 4.78 is 0. The second-order valence-electron chi connectivity index (χ2n) is 5.33. The highest BCUT2D eigenvalue weighted by Crippen LogP contribution is 2.26. The number of rotatable bonds is 4. The number of benzene rings is 2. The number of nitrogens with zero attached hydrogens (tertiary/aromatic N) is 1. The van der Waals surface area contributed by atoms with E-state index in [0.29, 0.717) is 11.3 Å². The van der Waals surface area contributed by atoms with Gasteiger partial charge in [0.15, 0.2) is 0 Å². The van der Waals surface area contributed by atoms with Crippen molar-refractivity contribution >= 4 is 23.5 Å². The number of nitrogens with two attached hydrogens (primary N) is 1. The summed E-state index contributed by atoms with van der Waals surface area (Å²) in [6.07, 6.45) is 0.0289. The first-order chi connectivity index (χ1) is 11.0. The van der Waals surface area contributed by atoms with Gasteiger partial charge in [-0.25, -0.2) is 4.79 Å². The Bertz CT molecular complexity index is 763. The minimum atomic E-state index is -1.26. The van der Waals surface area contributed by atoms with Gasteiger partial charge in [-0.05, 0) is 29.8 Å². The molecule has 6 nitrogen and oxygen atoms in total. The molecule has 0 saturated carbocycles. The Hall–Kier alpha value is -3.15. The summed E-state index contributed by atoms with van der Waals surface area (Å²) in [4.78, 5) is 37.3. The third-order valence-electron chi connectivity index (χ3n) is 3.83. The van der Waals surface area contributed by atoms with Crippen molar-refractivity contribution in [3.05, 3.63) is 65.2 Å². The van der Waals surface area contributed by atoms with Gasteiger partial charge in [0.2, 0.25) is 0 Å². The van der Waals surface area contributed by atoms with Crippen molar-refractivity contribution in [3.8, 4) is 0 Å². The summed E-state index contributed by atoms with van der Waals surface area (Å²) in [5.74, 6) is -2.38. The van der Waals surface area contributed by atoms with Gasteiger partial charge in [0.1, 0.15) is 6.04 Å². The van der Waals surface area contributed by atoms with Gasteiger partial charge in [-0.2, -0.15) is 0 Å². The Morgan fingerprint density at radius 2 is 1.52 bits per heavy atom. The van der Waals surface area contributed by atoms with E-state index in [1.807, 2.05) is 0 Å². The lowest BCUT2D eigenvalue weighted by atomic mass is 10.0. The Morgan fingerprint density at radius 3 is 2.00 bits per heavy atom. The van der Waals surface area contributed by atoms with Crippen molar-refractivity contribution in [2.75, 3.05) is 5.73 Å². The molecule has 2 aromatic rings. The van der Waals surface area contributed by atoms with E-state index in [2.05, 4.69) is 0 Å². The SMILES string of the molecule is Nc1ccc(CC(C(=O)O)N2C(=O)c3ccccc3C2=O)cc1. The number of carboxylic acids is 1. The first-order valence-corrected chi connectivity index (χ1v) is 7.03. The van der Waals surface area contributed by atoms with Crippen LogP contribution in [-0.4, -0.2) is 33.8 Å². The normalized spacial score (nSPS) is 14.7. The van der Waals surface area contributed by atoms with Crippen LogP contribution in [0.25, 0.3) is 0 Å². The third kappa shape index (κ3) is 2.55. The first-order valence-electron chi connectivity index (χ1n) is 7.03. The van der Waals surface area contributed by atoms with Gasteiger partial charge in [-0.15, -0.1) is 0 Å². The molecule has 2 amide bonds. The molecule has 3 N–H and O–H groups in total. The van der Waals surface area contributed by atoms with E-state index in [9.17, 15) is 19.5 Å². The summed E-state index contributed by atoms with van der Waals surface area (Å²) in [5.41, 5.74) is 7.32. The molecule has 1 atom stereocenters. The van der Waals surface area contributed by atoms with E-state index in [1.54, 1.807) is 36.4 Å². The largest absolute Gasteiger partial charge is 0.480 e. The van der Waals surface area contributed by atoms with E-state index in [-0.39, 0.29) is 17.5 Å². The smallest absolute Gasteiger partial charge is 0.327 e. The minimum absolute atomic E-state index is 0.0289. The number of hydrogen-bond acceptors (Lipinski definition) is 4. The summed E-state index contributed by atoms with van der Waals surface area (Å²) in [7, 11) is 0. The van der Waals surface area contributed by atoms with Gasteiger partial charge in [-0.1, -0.05) is 24.3 Å². The number of carboxylic acid groups (broad SMARTS) is 1. The second kappa shape index (κ2) is 5.57. The van der Waals surface area contributed by atoms with Crippen LogP contribution in [0, 0.1) is 0 Å². The number of hydrogen-bond donors (Lipinski definition) is 2. The fourth-order valence-corrected chi connectivity index (χ4v) is 2.66. The maximum Gasteiger partial charge on any atom is 0.327 e. The van der Waals surface area contributed by atoms with Crippen LogP contribution in [-0.2, 0) is 11.2 Å². The van der Waals surface area contributed by atoms with E-state index in [1.165, 1.54) is 12.1 Å². The zero-order valence-corrected chi connectivity index (χ0v) is 12.1. The van der Waals surface area contributed by atoms with Crippen LogP contribution in [0.2, 0.25) is 0 Å². The summed E-state index contributed by atoms with van der Waals surface area (Å²) in [5, 5.41) is 9.49. The molecule has 6 heteroatoms. The summed E-state index contributed by atoms with van der Waals surface area (Å²) in [6, 6.07) is 11.7. The second-order valence-corrected chi connectivity index (χ2v) is 5.33. The van der Waals surface area contributed by atoms with E-state index < -0.39 is 23.8 Å². The monoisotopic (exact) mass is 310 g/mol. The number of amides is 2. The fourth-order valence-electron chi connectivity index (χ4n) is 2.66. The van der Waals surface area contributed by atoms with Gasteiger partial charge in [0.05, 0.1) is 11.1 Å². The van der Waals surface area contributed by atoms with Gasteiger partial charge >= 0.3 is 5.97 Å². The van der Waals surface area contributed by atoms with Crippen LogP contribution in [0.3, 0.4) is 0 Å². The maximum absolute atomic E-state index is 12.4. The summed E-state index contributed by atoms with van der Waals surface area (Å²) >= 11 is 0. The molecule has 116 valence electrons. The van der Waals surface area contributed by atoms with Crippen LogP contribution in [0.1, 0.15) is 26.3 Å². The van der Waals surface area contributed by atoms with Crippen molar-refractivity contribution in [1.29, 1.82) is 0 Å². The van der Waals surface area contributed by atoms with Crippen LogP contribution in [0.15, 0.2) is 48.5 Å². The molecule has 3 rings (SSSR count). The number of carbonyl (C=O) groups is 3. The van der Waals surface area contributed by atoms with Crippen molar-refractivity contribution in [2.24, 2.45) is 0 Å². The molecule has 23 heavy (non-hydrogen) atoms. The van der Waals surface area contributed by atoms with Crippen molar-refractivity contribution in [2.45, 2.75) is 12.5 Å². The number of imide groups is 1. The minimum Gasteiger partial charge on any atom is -0.480 e. The molecule has 1 aliphatic rings. The van der Waals surface area contributed by atoms with Crippen molar-refractivity contribution < 1.29 is 19.5 Å². The Kier molecular flexibility index (Phi) is 3.57. The highest BCUT2D eigenvalue weighted by atomic mass is 16.4. The van der Waals surface area contributed by atoms with Crippen molar-refractivity contribution in [1.82, 2.24) is 4.90 Å². The van der Waals surface area contributed by atoms with Crippen molar-refractivity contribution in [3.63, 3.8) is 0 Å². The Labute approximate surface area is 132 Å². The van der Waals surface area contributed by atoms with Crippen LogP contribution in [0.5, 0.6) is 0 Å². The number of anilines is 1. The summed E-state index contributed by atoms with van der Waals surface area (Å²) in [6.45, 7) is 0. The maximum atomic E-state index is 12.4. The van der Waals surface area contributed by atoms with Crippen LogP contribution in [0.4, 0.5) is 5.69 Å². The molecule has 2 aromatic carbocycles. The number of aliphatic carboxylic acids is 1. The van der Waals surface area contributed by atoms with E-state index in [0.717, 1.165) is 4.90 Å². The third-order valence-corrected chi connectivity index (χ3v) is 3.83. The predicted molar refractivity (Wildman–Crippen MR) is 82.9 cm³/mol. The molecule has 0 saturated heterocycles. The molecule has 1 heterocycles. The standard InChI is InChI=1S/C17H14N2O4/c18-11-7-5-10(6-8-11)9-14(17(22)23)19-15(20)12-3-1-2-4-13(12)16(19)21/h1-8,14H,9,18H2,(H,22,23). The molecular formula is C17H14N2O4. The molecule has 0 fully saturated rings. The predicted octanol–water partition coefficient (Wildman–Crippen LogP) is 1.56. The topological polar surface area (TPSA) is 101 Å². The molecule has 0 bridgehead atoms. The van der Waals surface area contributed by atoms with Gasteiger partial charge in [0.25, 0.3) is 11.8 Å². The molecule has 0 aromatic heterocycles. The highest BCUT2D eigenvalue weighted by Gasteiger charge is 2.42. The molecule has 0 aliphatic carbocycles. The average Bonchev–Trinajstić information content (AvgIpc) is 2.79. The van der Waals surface area contributed by atoms with Gasteiger partial charge < -0.3 is 10.8 Å². The van der Waals surface area contributed by atoms with Gasteiger partial charge in [-0.3, -0.25) is 14.5 Å². The zero-order chi connectivity index (χ0) is 16.6. The zero-order valence-electron chi connectivity index (χ0n) is 12.1. The number of nitrogen functional groups attached to an aromatic ring is 1. The van der Waals surface area contributed by atoms with E-state index >= 15 is 0 Å². The lowest BCUT2D eigenvalue weighted by molar-refractivity contribution is -0.141. The molecule has 1 aliphatic heterocycles. The fraction of sp³-hybridized carbons (Fsp3) is 0.118. The number of carbonyl (C=O) groups excluding carboxylic acids is 2. The first kappa shape index (κ1) is 14.8. The molecule has 1 unspecified atom stereocenters.